The van der Waals surface area contributed by atoms with E-state index in [1.165, 1.54) is 5.57 Å². The first-order chi connectivity index (χ1) is 6.22. The first-order valence-corrected chi connectivity index (χ1v) is 4.75. The van der Waals surface area contributed by atoms with Crippen LogP contribution in [0.5, 0.6) is 0 Å². The van der Waals surface area contributed by atoms with E-state index >= 15 is 0 Å². The first-order valence-electron chi connectivity index (χ1n) is 4.75. The molecule has 0 saturated heterocycles. The van der Waals surface area contributed by atoms with E-state index in [0.717, 1.165) is 25.4 Å². The molecule has 74 valence electrons. The Labute approximate surface area is 79.9 Å². The van der Waals surface area contributed by atoms with Crippen molar-refractivity contribution in [2.75, 3.05) is 20.1 Å². The summed E-state index contributed by atoms with van der Waals surface area (Å²) in [6.45, 7) is 5.87. The Bertz CT molecular complexity index is 221. The van der Waals surface area contributed by atoms with Gasteiger partial charge in [0.15, 0.2) is 0 Å². The average Bonchev–Trinajstić information content (AvgIpc) is 2.04. The zero-order valence-corrected chi connectivity index (χ0v) is 8.63. The Hall–Kier alpha value is -0.830. The summed E-state index contributed by atoms with van der Waals surface area (Å²) in [5.74, 6) is 0.784. The minimum atomic E-state index is 0.186. The highest BCUT2D eigenvalue weighted by Gasteiger charge is 2.07. The lowest BCUT2D eigenvalue weighted by Crippen LogP contribution is -2.26. The molecule has 1 unspecified atom stereocenters. The number of hydrogen-bond acceptors (Lipinski definition) is 3. The second-order valence-electron chi connectivity index (χ2n) is 3.45. The maximum absolute atomic E-state index is 5.61. The van der Waals surface area contributed by atoms with Gasteiger partial charge in [0, 0.05) is 13.1 Å². The van der Waals surface area contributed by atoms with Gasteiger partial charge in [-0.25, -0.2) is 0 Å². The molecule has 1 aliphatic heterocycles. The lowest BCUT2D eigenvalue weighted by Gasteiger charge is -2.16. The van der Waals surface area contributed by atoms with Gasteiger partial charge in [0.25, 0.3) is 0 Å². The molecule has 3 heteroatoms. The lowest BCUT2D eigenvalue weighted by molar-refractivity contribution is 0.208. The number of aliphatic imine (C=N–C) groups is 1. The standard InChI is InChI=1S/C10H18N2O/c1-8-4-5-12-10(6-8)13-9(2)7-11-3/h6,9,11H,4-5,7H2,1-3H3. The highest BCUT2D eigenvalue weighted by molar-refractivity contribution is 5.89. The van der Waals surface area contributed by atoms with Crippen molar-refractivity contribution >= 4 is 5.90 Å². The number of rotatable bonds is 3. The summed E-state index contributed by atoms with van der Waals surface area (Å²) in [7, 11) is 1.92. The van der Waals surface area contributed by atoms with Crippen LogP contribution in [0.25, 0.3) is 0 Å². The van der Waals surface area contributed by atoms with Gasteiger partial charge in [-0.2, -0.15) is 0 Å². The normalized spacial score (nSPS) is 19.0. The minimum absolute atomic E-state index is 0.186. The van der Waals surface area contributed by atoms with E-state index in [0.29, 0.717) is 0 Å². The van der Waals surface area contributed by atoms with Crippen LogP contribution < -0.4 is 5.32 Å². The van der Waals surface area contributed by atoms with Gasteiger partial charge in [0.1, 0.15) is 6.10 Å². The molecule has 0 amide bonds. The Morgan fingerprint density at radius 2 is 2.46 bits per heavy atom. The van der Waals surface area contributed by atoms with Gasteiger partial charge in [-0.1, -0.05) is 5.57 Å². The van der Waals surface area contributed by atoms with Crippen LogP contribution in [-0.2, 0) is 4.74 Å². The molecule has 13 heavy (non-hydrogen) atoms. The number of hydrogen-bond donors (Lipinski definition) is 1. The van der Waals surface area contributed by atoms with Crippen LogP contribution in [0, 0.1) is 0 Å². The van der Waals surface area contributed by atoms with Crippen LogP contribution in [0.2, 0.25) is 0 Å². The van der Waals surface area contributed by atoms with E-state index in [1.54, 1.807) is 0 Å². The van der Waals surface area contributed by atoms with Crippen LogP contribution in [0.1, 0.15) is 20.3 Å². The largest absolute Gasteiger partial charge is 0.474 e. The third kappa shape index (κ3) is 3.59. The summed E-state index contributed by atoms with van der Waals surface area (Å²) in [5.41, 5.74) is 1.35. The molecule has 1 rings (SSSR count). The van der Waals surface area contributed by atoms with Crippen molar-refractivity contribution in [3.63, 3.8) is 0 Å². The number of nitrogens with zero attached hydrogens (tertiary/aromatic N) is 1. The topological polar surface area (TPSA) is 33.6 Å². The van der Waals surface area contributed by atoms with E-state index in [-0.39, 0.29) is 6.10 Å². The molecule has 1 heterocycles. The molecular formula is C10H18N2O. The van der Waals surface area contributed by atoms with Gasteiger partial charge in [-0.05, 0) is 33.4 Å². The van der Waals surface area contributed by atoms with Crippen LogP contribution >= 0.6 is 0 Å². The molecule has 1 N–H and O–H groups in total. The van der Waals surface area contributed by atoms with Crippen molar-refractivity contribution < 1.29 is 4.74 Å². The van der Waals surface area contributed by atoms with Crippen molar-refractivity contribution in [2.45, 2.75) is 26.4 Å². The van der Waals surface area contributed by atoms with Gasteiger partial charge in [-0.15, -0.1) is 0 Å². The first kappa shape index (κ1) is 10.3. The van der Waals surface area contributed by atoms with Crippen molar-refractivity contribution in [3.8, 4) is 0 Å². The second kappa shape index (κ2) is 5.02. The molecule has 3 nitrogen and oxygen atoms in total. The van der Waals surface area contributed by atoms with Gasteiger partial charge < -0.3 is 10.1 Å². The van der Waals surface area contributed by atoms with Gasteiger partial charge in [-0.3, -0.25) is 4.99 Å². The lowest BCUT2D eigenvalue weighted by atomic mass is 10.2. The summed E-state index contributed by atoms with van der Waals surface area (Å²) in [6, 6.07) is 0. The summed E-state index contributed by atoms with van der Waals surface area (Å²) >= 11 is 0. The van der Waals surface area contributed by atoms with E-state index in [9.17, 15) is 0 Å². The molecule has 0 aromatic carbocycles. The molecule has 0 aromatic heterocycles. The zero-order chi connectivity index (χ0) is 9.68. The summed E-state index contributed by atoms with van der Waals surface area (Å²) < 4.78 is 5.61. The molecular weight excluding hydrogens is 164 g/mol. The number of ether oxygens (including phenoxy) is 1. The Kier molecular flexibility index (Phi) is 3.96. The SMILES string of the molecule is CNCC(C)OC1=NCCC(C)=C1. The highest BCUT2D eigenvalue weighted by Crippen LogP contribution is 2.08. The van der Waals surface area contributed by atoms with Crippen LogP contribution in [0.3, 0.4) is 0 Å². The third-order valence-electron chi connectivity index (χ3n) is 1.96. The van der Waals surface area contributed by atoms with Crippen molar-refractivity contribution in [2.24, 2.45) is 4.99 Å². The zero-order valence-electron chi connectivity index (χ0n) is 8.63. The monoisotopic (exact) mass is 182 g/mol. The third-order valence-corrected chi connectivity index (χ3v) is 1.96. The summed E-state index contributed by atoms with van der Waals surface area (Å²) in [4.78, 5) is 4.29. The predicted molar refractivity (Wildman–Crippen MR) is 55.1 cm³/mol. The fraction of sp³-hybridized carbons (Fsp3) is 0.700. The highest BCUT2D eigenvalue weighted by atomic mass is 16.5. The quantitative estimate of drug-likeness (QED) is 0.715. The van der Waals surface area contributed by atoms with E-state index in [2.05, 4.69) is 17.2 Å². The average molecular weight is 182 g/mol. The van der Waals surface area contributed by atoms with E-state index < -0.39 is 0 Å². The predicted octanol–water partition coefficient (Wildman–Crippen LogP) is 1.36. The minimum Gasteiger partial charge on any atom is -0.474 e. The molecule has 0 fully saturated rings. The molecule has 0 aromatic rings. The molecule has 1 aliphatic rings. The maximum Gasteiger partial charge on any atom is 0.208 e. The van der Waals surface area contributed by atoms with Gasteiger partial charge >= 0.3 is 0 Å². The van der Waals surface area contributed by atoms with Crippen molar-refractivity contribution in [3.05, 3.63) is 11.6 Å². The second-order valence-corrected chi connectivity index (χ2v) is 3.45. The van der Waals surface area contributed by atoms with Crippen molar-refractivity contribution in [1.29, 1.82) is 0 Å². The molecule has 1 atom stereocenters. The number of likely N-dealkylation sites (N-methyl/N-ethyl adjacent to an activating group) is 1. The fourth-order valence-electron chi connectivity index (χ4n) is 1.28. The van der Waals surface area contributed by atoms with Crippen LogP contribution in [0.4, 0.5) is 0 Å². The maximum atomic E-state index is 5.61. The fourth-order valence-corrected chi connectivity index (χ4v) is 1.28. The van der Waals surface area contributed by atoms with Crippen molar-refractivity contribution in [1.82, 2.24) is 5.32 Å². The molecule has 0 spiro atoms. The van der Waals surface area contributed by atoms with E-state index in [1.807, 2.05) is 20.0 Å². The Morgan fingerprint density at radius 3 is 3.08 bits per heavy atom. The van der Waals surface area contributed by atoms with Crippen LogP contribution in [0.15, 0.2) is 16.6 Å². The molecule has 0 aliphatic carbocycles. The number of nitrogens with one attached hydrogen (secondary N) is 1. The summed E-state index contributed by atoms with van der Waals surface area (Å²) in [5, 5.41) is 3.07. The van der Waals surface area contributed by atoms with Crippen LogP contribution in [-0.4, -0.2) is 32.1 Å². The van der Waals surface area contributed by atoms with Gasteiger partial charge in [0.2, 0.25) is 5.90 Å². The molecule has 0 saturated carbocycles. The van der Waals surface area contributed by atoms with Gasteiger partial charge in [0.05, 0.1) is 0 Å². The number of dihydropyridines is 1. The van der Waals surface area contributed by atoms with E-state index in [4.69, 9.17) is 4.74 Å². The summed E-state index contributed by atoms with van der Waals surface area (Å²) in [6.07, 6.45) is 3.27. The Morgan fingerprint density at radius 1 is 1.69 bits per heavy atom. The smallest absolute Gasteiger partial charge is 0.208 e. The molecule has 0 bridgehead atoms. The molecule has 0 radical (unpaired) electrons. The Balaban J connectivity index is 2.40.